The number of carbonyl (C=O) groups is 3. The molecule has 3 rings (SSSR count). The van der Waals surface area contributed by atoms with Crippen LogP contribution in [0.25, 0.3) is 0 Å². The number of amides is 2. The van der Waals surface area contributed by atoms with Gasteiger partial charge in [0.05, 0.1) is 11.1 Å². The molecule has 0 spiro atoms. The smallest absolute Gasteiger partial charge is 0.341 e. The molecule has 1 atom stereocenters. The Balaban J connectivity index is 1.68. The molecular formula is C19H21N3O4S2. The Morgan fingerprint density at radius 3 is 2.93 bits per heavy atom. The molecule has 0 fully saturated rings. The van der Waals surface area contributed by atoms with E-state index in [0.717, 1.165) is 29.7 Å². The summed E-state index contributed by atoms with van der Waals surface area (Å²) in [5, 5.41) is 3.64. The zero-order chi connectivity index (χ0) is 20.3. The van der Waals surface area contributed by atoms with Gasteiger partial charge in [-0.15, -0.1) is 23.1 Å². The van der Waals surface area contributed by atoms with Gasteiger partial charge < -0.3 is 15.8 Å². The van der Waals surface area contributed by atoms with Crippen molar-refractivity contribution < 1.29 is 19.1 Å². The summed E-state index contributed by atoms with van der Waals surface area (Å²) >= 11 is 2.69. The molecule has 2 amide bonds. The van der Waals surface area contributed by atoms with E-state index in [1.165, 1.54) is 23.1 Å². The molecule has 1 aliphatic carbocycles. The van der Waals surface area contributed by atoms with Crippen molar-refractivity contribution in [2.24, 2.45) is 11.7 Å². The van der Waals surface area contributed by atoms with Crippen LogP contribution in [-0.4, -0.2) is 35.6 Å². The van der Waals surface area contributed by atoms with Crippen molar-refractivity contribution in [1.82, 2.24) is 4.98 Å². The molecule has 2 aromatic rings. The average Bonchev–Trinajstić information content (AvgIpc) is 3.02. The van der Waals surface area contributed by atoms with Gasteiger partial charge in [-0.1, -0.05) is 6.92 Å². The highest BCUT2D eigenvalue weighted by atomic mass is 32.2. The number of anilines is 1. The van der Waals surface area contributed by atoms with Crippen LogP contribution < -0.4 is 11.1 Å². The van der Waals surface area contributed by atoms with Gasteiger partial charge in [0.15, 0.2) is 6.61 Å². The number of ether oxygens (including phenoxy) is 1. The van der Waals surface area contributed by atoms with Crippen LogP contribution in [-0.2, 0) is 22.4 Å². The number of nitrogens with one attached hydrogen (secondary N) is 1. The Bertz CT molecular complexity index is 926. The first-order valence-corrected chi connectivity index (χ1v) is 10.8. The SMILES string of the molecule is CSc1ncccc1C(=O)OCC(=O)Nc1sc2c(c1C(N)=O)CC[C@@H](C)C2. The summed E-state index contributed by atoms with van der Waals surface area (Å²) in [6.45, 7) is 1.70. The van der Waals surface area contributed by atoms with Crippen molar-refractivity contribution >= 4 is 45.9 Å². The molecule has 1 aliphatic rings. The molecule has 0 saturated carbocycles. The summed E-state index contributed by atoms with van der Waals surface area (Å²) in [6.07, 6.45) is 6.01. The van der Waals surface area contributed by atoms with E-state index in [0.29, 0.717) is 27.1 Å². The molecule has 3 N–H and O–H groups in total. The minimum atomic E-state index is -0.623. The van der Waals surface area contributed by atoms with Crippen LogP contribution in [0.5, 0.6) is 0 Å². The van der Waals surface area contributed by atoms with Gasteiger partial charge in [0.25, 0.3) is 11.8 Å². The van der Waals surface area contributed by atoms with Crippen LogP contribution in [0, 0.1) is 5.92 Å². The van der Waals surface area contributed by atoms with Gasteiger partial charge in [-0.25, -0.2) is 9.78 Å². The highest BCUT2D eigenvalue weighted by Gasteiger charge is 2.27. The number of esters is 1. The maximum Gasteiger partial charge on any atom is 0.341 e. The number of fused-ring (bicyclic) bond motifs is 1. The van der Waals surface area contributed by atoms with E-state index in [9.17, 15) is 14.4 Å². The Labute approximate surface area is 171 Å². The lowest BCUT2D eigenvalue weighted by Crippen LogP contribution is -2.23. The summed E-state index contributed by atoms with van der Waals surface area (Å²) in [5.41, 5.74) is 7.16. The molecule has 0 unspecified atom stereocenters. The van der Waals surface area contributed by atoms with Crippen molar-refractivity contribution in [1.29, 1.82) is 0 Å². The van der Waals surface area contributed by atoms with Crippen LogP contribution in [0.1, 0.15) is 44.5 Å². The second-order valence-corrected chi connectivity index (χ2v) is 8.50. The highest BCUT2D eigenvalue weighted by Crippen LogP contribution is 2.39. The van der Waals surface area contributed by atoms with Gasteiger partial charge in [-0.05, 0) is 49.1 Å². The van der Waals surface area contributed by atoms with E-state index in [-0.39, 0.29) is 0 Å². The van der Waals surface area contributed by atoms with E-state index in [4.69, 9.17) is 10.5 Å². The minimum absolute atomic E-state index is 0.307. The van der Waals surface area contributed by atoms with Gasteiger partial charge in [-0.3, -0.25) is 9.59 Å². The van der Waals surface area contributed by atoms with Crippen molar-refractivity contribution in [3.05, 3.63) is 39.9 Å². The lowest BCUT2D eigenvalue weighted by Gasteiger charge is -2.18. The third-order valence-electron chi connectivity index (χ3n) is 4.53. The van der Waals surface area contributed by atoms with Crippen LogP contribution in [0.2, 0.25) is 0 Å². The first kappa shape index (κ1) is 20.3. The summed E-state index contributed by atoms with van der Waals surface area (Å²) in [4.78, 5) is 41.6. The second kappa shape index (κ2) is 8.74. The lowest BCUT2D eigenvalue weighted by molar-refractivity contribution is -0.119. The van der Waals surface area contributed by atoms with E-state index in [1.54, 1.807) is 24.6 Å². The van der Waals surface area contributed by atoms with Gasteiger partial charge in [0, 0.05) is 11.1 Å². The number of nitrogens with zero attached hydrogens (tertiary/aromatic N) is 1. The molecule has 0 aliphatic heterocycles. The Kier molecular flexibility index (Phi) is 6.35. The monoisotopic (exact) mass is 419 g/mol. The Morgan fingerprint density at radius 1 is 1.43 bits per heavy atom. The summed E-state index contributed by atoms with van der Waals surface area (Å²) in [6, 6.07) is 3.23. The van der Waals surface area contributed by atoms with E-state index >= 15 is 0 Å². The number of aromatic nitrogens is 1. The summed E-state index contributed by atoms with van der Waals surface area (Å²) in [5.74, 6) is -1.17. The number of primary amides is 1. The van der Waals surface area contributed by atoms with Crippen molar-refractivity contribution in [2.45, 2.75) is 31.2 Å². The number of pyridine rings is 1. The van der Waals surface area contributed by atoms with Gasteiger partial charge in [0.1, 0.15) is 10.0 Å². The number of thioether (sulfide) groups is 1. The highest BCUT2D eigenvalue weighted by molar-refractivity contribution is 7.98. The maximum atomic E-state index is 12.3. The predicted molar refractivity (Wildman–Crippen MR) is 109 cm³/mol. The fourth-order valence-electron chi connectivity index (χ4n) is 3.18. The Morgan fingerprint density at radius 2 is 2.21 bits per heavy atom. The van der Waals surface area contributed by atoms with Crippen molar-refractivity contribution in [3.8, 4) is 0 Å². The molecule has 2 aromatic heterocycles. The number of thiophene rings is 1. The normalized spacial score (nSPS) is 15.6. The fourth-order valence-corrected chi connectivity index (χ4v) is 5.15. The lowest BCUT2D eigenvalue weighted by atomic mass is 9.88. The maximum absolute atomic E-state index is 12.3. The topological polar surface area (TPSA) is 111 Å². The molecule has 0 aromatic carbocycles. The third-order valence-corrected chi connectivity index (χ3v) is 6.41. The van der Waals surface area contributed by atoms with Gasteiger partial charge in [0.2, 0.25) is 0 Å². The van der Waals surface area contributed by atoms with Crippen molar-refractivity contribution in [3.63, 3.8) is 0 Å². The number of nitrogens with two attached hydrogens (primary N) is 1. The molecule has 9 heteroatoms. The second-order valence-electron chi connectivity index (χ2n) is 6.60. The van der Waals surface area contributed by atoms with Crippen LogP contribution in [0.3, 0.4) is 0 Å². The number of carbonyl (C=O) groups excluding carboxylic acids is 3. The summed E-state index contributed by atoms with van der Waals surface area (Å²) < 4.78 is 5.11. The first-order valence-electron chi connectivity index (χ1n) is 8.81. The molecule has 0 bridgehead atoms. The average molecular weight is 420 g/mol. The van der Waals surface area contributed by atoms with Gasteiger partial charge in [-0.2, -0.15) is 0 Å². The zero-order valence-corrected chi connectivity index (χ0v) is 17.2. The third kappa shape index (κ3) is 4.36. The number of hydrogen-bond donors (Lipinski definition) is 2. The molecule has 148 valence electrons. The molecule has 0 radical (unpaired) electrons. The largest absolute Gasteiger partial charge is 0.452 e. The standard InChI is InChI=1S/C19H21N3O4S2/c1-10-5-6-11-13(8-10)28-18(15(11)16(20)24)22-14(23)9-26-19(25)12-4-3-7-21-17(12)27-2/h3-4,7,10H,5-6,8-9H2,1-2H3,(H2,20,24)(H,22,23)/t10-/m1/s1. The fraction of sp³-hybridized carbons (Fsp3) is 0.368. The zero-order valence-electron chi connectivity index (χ0n) is 15.6. The minimum Gasteiger partial charge on any atom is -0.452 e. The molecule has 0 saturated heterocycles. The first-order chi connectivity index (χ1) is 13.4. The predicted octanol–water partition coefficient (Wildman–Crippen LogP) is 2.88. The quantitative estimate of drug-likeness (QED) is 0.550. The molecule has 7 nitrogen and oxygen atoms in total. The molecule has 2 heterocycles. The Hall–Kier alpha value is -2.39. The molecule has 28 heavy (non-hydrogen) atoms. The summed E-state index contributed by atoms with van der Waals surface area (Å²) in [7, 11) is 0. The van der Waals surface area contributed by atoms with Crippen LogP contribution in [0.4, 0.5) is 5.00 Å². The van der Waals surface area contributed by atoms with E-state index < -0.39 is 24.4 Å². The van der Waals surface area contributed by atoms with Crippen molar-refractivity contribution in [2.75, 3.05) is 18.2 Å². The van der Waals surface area contributed by atoms with Gasteiger partial charge >= 0.3 is 5.97 Å². The van der Waals surface area contributed by atoms with Crippen LogP contribution in [0.15, 0.2) is 23.4 Å². The van der Waals surface area contributed by atoms with Crippen LogP contribution >= 0.6 is 23.1 Å². The van der Waals surface area contributed by atoms with E-state index in [1.807, 2.05) is 0 Å². The number of rotatable bonds is 6. The van der Waals surface area contributed by atoms with E-state index in [2.05, 4.69) is 17.2 Å². The number of hydrogen-bond acceptors (Lipinski definition) is 7. The molecular weight excluding hydrogens is 398 g/mol.